The molecule has 0 saturated carbocycles. The van der Waals surface area contributed by atoms with Crippen molar-refractivity contribution in [1.82, 2.24) is 5.32 Å². The lowest BCUT2D eigenvalue weighted by atomic mass is 10.2. The molecule has 0 saturated heterocycles. The van der Waals surface area contributed by atoms with Crippen LogP contribution >= 0.6 is 27.5 Å². The number of benzene rings is 1. The van der Waals surface area contributed by atoms with Crippen molar-refractivity contribution in [1.29, 1.82) is 0 Å². The van der Waals surface area contributed by atoms with Crippen molar-refractivity contribution in [3.63, 3.8) is 0 Å². The van der Waals surface area contributed by atoms with Gasteiger partial charge in [0.05, 0.1) is 11.6 Å². The first-order chi connectivity index (χ1) is 6.59. The lowest BCUT2D eigenvalue weighted by Gasteiger charge is -2.03. The first-order valence-corrected chi connectivity index (χ1v) is 5.19. The van der Waals surface area contributed by atoms with Gasteiger partial charge in [-0.1, -0.05) is 17.7 Å². The highest BCUT2D eigenvalue weighted by Crippen LogP contribution is 2.22. The zero-order valence-electron chi connectivity index (χ0n) is 7.39. The standard InChI is InChI=1S/C9H10BrClN2O/c10-7-2-1-6(3-8(7)11)4-13-5-9(12)14/h1-3,13H,4-5H2,(H2,12,14). The van der Waals surface area contributed by atoms with Crippen molar-refractivity contribution in [2.45, 2.75) is 6.54 Å². The highest BCUT2D eigenvalue weighted by molar-refractivity contribution is 9.10. The summed E-state index contributed by atoms with van der Waals surface area (Å²) in [6.45, 7) is 0.754. The molecule has 0 aliphatic rings. The van der Waals surface area contributed by atoms with Gasteiger partial charge in [0.25, 0.3) is 0 Å². The van der Waals surface area contributed by atoms with Crippen LogP contribution in [0.15, 0.2) is 22.7 Å². The van der Waals surface area contributed by atoms with Gasteiger partial charge < -0.3 is 11.1 Å². The van der Waals surface area contributed by atoms with Crippen LogP contribution < -0.4 is 11.1 Å². The lowest BCUT2D eigenvalue weighted by molar-refractivity contribution is -0.117. The second kappa shape index (κ2) is 5.34. The molecule has 0 unspecified atom stereocenters. The molecule has 0 heterocycles. The molecule has 0 radical (unpaired) electrons. The van der Waals surface area contributed by atoms with Gasteiger partial charge in [0.2, 0.25) is 5.91 Å². The smallest absolute Gasteiger partial charge is 0.231 e. The molecule has 1 aromatic carbocycles. The van der Waals surface area contributed by atoms with Gasteiger partial charge in [0.15, 0.2) is 0 Å². The topological polar surface area (TPSA) is 55.1 Å². The van der Waals surface area contributed by atoms with E-state index in [1.807, 2.05) is 18.2 Å². The number of amides is 1. The van der Waals surface area contributed by atoms with E-state index in [2.05, 4.69) is 21.2 Å². The first-order valence-electron chi connectivity index (χ1n) is 4.02. The maximum absolute atomic E-state index is 10.4. The molecule has 14 heavy (non-hydrogen) atoms. The number of halogens is 2. The minimum atomic E-state index is -0.367. The quantitative estimate of drug-likeness (QED) is 0.880. The van der Waals surface area contributed by atoms with Crippen molar-refractivity contribution >= 4 is 33.4 Å². The van der Waals surface area contributed by atoms with Crippen molar-refractivity contribution in [2.24, 2.45) is 5.73 Å². The molecule has 0 spiro atoms. The van der Waals surface area contributed by atoms with Crippen LogP contribution in [-0.4, -0.2) is 12.5 Å². The molecule has 0 bridgehead atoms. The molecule has 3 N–H and O–H groups in total. The van der Waals surface area contributed by atoms with Crippen LogP contribution in [0.1, 0.15) is 5.56 Å². The highest BCUT2D eigenvalue weighted by Gasteiger charge is 1.99. The Kier molecular flexibility index (Phi) is 4.38. The third-order valence-electron chi connectivity index (χ3n) is 1.61. The summed E-state index contributed by atoms with van der Waals surface area (Å²) in [4.78, 5) is 10.4. The average Bonchev–Trinajstić information content (AvgIpc) is 2.10. The zero-order valence-corrected chi connectivity index (χ0v) is 9.73. The lowest BCUT2D eigenvalue weighted by Crippen LogP contribution is -2.28. The van der Waals surface area contributed by atoms with Crippen LogP contribution in [0.3, 0.4) is 0 Å². The Morgan fingerprint density at radius 3 is 2.86 bits per heavy atom. The van der Waals surface area contributed by atoms with Gasteiger partial charge >= 0.3 is 0 Å². The third kappa shape index (κ3) is 3.65. The molecular formula is C9H10BrClN2O. The number of carbonyl (C=O) groups excluding carboxylic acids is 1. The SMILES string of the molecule is NC(=O)CNCc1ccc(Br)c(Cl)c1. The fraction of sp³-hybridized carbons (Fsp3) is 0.222. The van der Waals surface area contributed by atoms with E-state index in [1.165, 1.54) is 0 Å². The fourth-order valence-corrected chi connectivity index (χ4v) is 1.43. The Bertz CT molecular complexity index is 344. The van der Waals surface area contributed by atoms with Gasteiger partial charge in [-0.25, -0.2) is 0 Å². The molecule has 1 rings (SSSR count). The Morgan fingerprint density at radius 1 is 1.57 bits per heavy atom. The van der Waals surface area contributed by atoms with Crippen molar-refractivity contribution in [2.75, 3.05) is 6.54 Å². The summed E-state index contributed by atoms with van der Waals surface area (Å²) in [6.07, 6.45) is 0. The van der Waals surface area contributed by atoms with Gasteiger partial charge in [-0.2, -0.15) is 0 Å². The molecule has 3 nitrogen and oxygen atoms in total. The number of hydrogen-bond donors (Lipinski definition) is 2. The first kappa shape index (κ1) is 11.5. The Hall–Kier alpha value is -0.580. The molecule has 0 aromatic heterocycles. The van der Waals surface area contributed by atoms with E-state index in [4.69, 9.17) is 17.3 Å². The molecular weight excluding hydrogens is 267 g/mol. The van der Waals surface area contributed by atoms with Gasteiger partial charge in [-0.3, -0.25) is 4.79 Å². The number of carbonyl (C=O) groups is 1. The summed E-state index contributed by atoms with van der Waals surface area (Å²) in [5, 5.41) is 3.56. The minimum Gasteiger partial charge on any atom is -0.369 e. The van der Waals surface area contributed by atoms with Crippen LogP contribution in [-0.2, 0) is 11.3 Å². The van der Waals surface area contributed by atoms with Crippen molar-refractivity contribution in [3.8, 4) is 0 Å². The summed E-state index contributed by atoms with van der Waals surface area (Å²) in [7, 11) is 0. The number of primary amides is 1. The van der Waals surface area contributed by atoms with Gasteiger partial charge in [-0.15, -0.1) is 0 Å². The summed E-state index contributed by atoms with van der Waals surface area (Å²) >= 11 is 9.18. The van der Waals surface area contributed by atoms with E-state index < -0.39 is 0 Å². The van der Waals surface area contributed by atoms with Gasteiger partial charge in [0.1, 0.15) is 0 Å². The van der Waals surface area contributed by atoms with E-state index in [0.29, 0.717) is 11.6 Å². The monoisotopic (exact) mass is 276 g/mol. The molecule has 0 fully saturated rings. The van der Waals surface area contributed by atoms with Crippen LogP contribution in [0, 0.1) is 0 Å². The predicted molar refractivity (Wildman–Crippen MR) is 60.1 cm³/mol. The van der Waals surface area contributed by atoms with E-state index in [-0.39, 0.29) is 12.5 Å². The number of hydrogen-bond acceptors (Lipinski definition) is 2. The summed E-state index contributed by atoms with van der Waals surface area (Å²) < 4.78 is 0.859. The summed E-state index contributed by atoms with van der Waals surface area (Å²) in [5.41, 5.74) is 5.99. The second-order valence-electron chi connectivity index (χ2n) is 2.82. The number of nitrogens with one attached hydrogen (secondary N) is 1. The third-order valence-corrected chi connectivity index (χ3v) is 2.84. The molecule has 5 heteroatoms. The summed E-state index contributed by atoms with van der Waals surface area (Å²) in [6, 6.07) is 5.62. The Morgan fingerprint density at radius 2 is 2.29 bits per heavy atom. The summed E-state index contributed by atoms with van der Waals surface area (Å²) in [5.74, 6) is -0.367. The number of nitrogens with two attached hydrogens (primary N) is 1. The normalized spacial score (nSPS) is 10.1. The molecule has 1 amide bonds. The molecule has 0 aliphatic carbocycles. The Labute approximate surface area is 95.7 Å². The van der Waals surface area contributed by atoms with Crippen molar-refractivity contribution in [3.05, 3.63) is 33.3 Å². The van der Waals surface area contributed by atoms with Crippen LogP contribution in [0.2, 0.25) is 5.02 Å². The zero-order chi connectivity index (χ0) is 10.6. The maximum atomic E-state index is 10.4. The van der Waals surface area contributed by atoms with Crippen LogP contribution in [0.5, 0.6) is 0 Å². The molecule has 1 aromatic rings. The van der Waals surface area contributed by atoms with E-state index in [9.17, 15) is 4.79 Å². The highest BCUT2D eigenvalue weighted by atomic mass is 79.9. The van der Waals surface area contributed by atoms with Crippen LogP contribution in [0.4, 0.5) is 0 Å². The van der Waals surface area contributed by atoms with E-state index >= 15 is 0 Å². The number of rotatable bonds is 4. The second-order valence-corrected chi connectivity index (χ2v) is 4.08. The van der Waals surface area contributed by atoms with E-state index in [0.717, 1.165) is 10.0 Å². The predicted octanol–water partition coefficient (Wildman–Crippen LogP) is 1.68. The average molecular weight is 278 g/mol. The maximum Gasteiger partial charge on any atom is 0.231 e. The van der Waals surface area contributed by atoms with Gasteiger partial charge in [-0.05, 0) is 33.6 Å². The van der Waals surface area contributed by atoms with Gasteiger partial charge in [0, 0.05) is 11.0 Å². The molecule has 0 atom stereocenters. The largest absolute Gasteiger partial charge is 0.369 e. The van der Waals surface area contributed by atoms with Crippen molar-refractivity contribution < 1.29 is 4.79 Å². The molecule has 0 aliphatic heterocycles. The Balaban J connectivity index is 2.51. The van der Waals surface area contributed by atoms with E-state index in [1.54, 1.807) is 0 Å². The van der Waals surface area contributed by atoms with Crippen LogP contribution in [0.25, 0.3) is 0 Å². The minimum absolute atomic E-state index is 0.174. The fourth-order valence-electron chi connectivity index (χ4n) is 0.980. The molecule has 76 valence electrons.